The van der Waals surface area contributed by atoms with Gasteiger partial charge in [0.1, 0.15) is 5.56 Å². The molecule has 0 aliphatic carbocycles. The summed E-state index contributed by atoms with van der Waals surface area (Å²) >= 11 is 1.14. The number of thiazole rings is 1. The number of sulfonamides is 1. The average Bonchev–Trinajstić information content (AvgIpc) is 3.14. The van der Waals surface area contributed by atoms with Crippen molar-refractivity contribution in [2.24, 2.45) is 0 Å². The third-order valence-corrected chi connectivity index (χ3v) is 5.59. The molecule has 1 aromatic heterocycles. The fourth-order valence-electron chi connectivity index (χ4n) is 2.19. The largest absolute Gasteiger partial charge is 0.322 e. The Labute approximate surface area is 157 Å². The van der Waals surface area contributed by atoms with Gasteiger partial charge in [-0.25, -0.2) is 13.4 Å². The maximum atomic E-state index is 12.3. The van der Waals surface area contributed by atoms with Gasteiger partial charge in [-0.3, -0.25) is 19.6 Å². The van der Waals surface area contributed by atoms with Crippen molar-refractivity contribution in [2.45, 2.75) is 4.90 Å². The van der Waals surface area contributed by atoms with Gasteiger partial charge in [0.2, 0.25) is 0 Å². The van der Waals surface area contributed by atoms with E-state index in [1.54, 1.807) is 5.38 Å². The van der Waals surface area contributed by atoms with Crippen LogP contribution in [0.15, 0.2) is 65.0 Å². The Bertz CT molecular complexity index is 1080. The Morgan fingerprint density at radius 3 is 2.44 bits per heavy atom. The highest BCUT2D eigenvalue weighted by Crippen LogP contribution is 2.22. The number of nitro benzene ring substituents is 1. The molecule has 2 aromatic carbocycles. The SMILES string of the molecule is O=C(Nc1ccc(S(=O)(=O)Nc2nccs2)cc1)c1ccccc1[N+](=O)[O-]. The number of aromatic nitrogens is 1. The van der Waals surface area contributed by atoms with Crippen molar-refractivity contribution in [3.05, 3.63) is 75.8 Å². The highest BCUT2D eigenvalue weighted by Gasteiger charge is 2.20. The van der Waals surface area contributed by atoms with Crippen LogP contribution in [0.25, 0.3) is 0 Å². The lowest BCUT2D eigenvalue weighted by atomic mass is 10.1. The molecular formula is C16H12N4O5S2. The van der Waals surface area contributed by atoms with Crippen LogP contribution in [0, 0.1) is 10.1 Å². The lowest BCUT2D eigenvalue weighted by Crippen LogP contribution is -2.15. The Morgan fingerprint density at radius 2 is 1.81 bits per heavy atom. The number of hydrogen-bond acceptors (Lipinski definition) is 7. The van der Waals surface area contributed by atoms with Gasteiger partial charge in [-0.15, -0.1) is 11.3 Å². The van der Waals surface area contributed by atoms with Crippen LogP contribution in [0.4, 0.5) is 16.5 Å². The quantitative estimate of drug-likeness (QED) is 0.479. The van der Waals surface area contributed by atoms with Gasteiger partial charge < -0.3 is 5.32 Å². The number of amides is 1. The smallest absolute Gasteiger partial charge is 0.282 e. The van der Waals surface area contributed by atoms with Gasteiger partial charge in [0.05, 0.1) is 9.82 Å². The second-order valence-electron chi connectivity index (χ2n) is 5.20. The molecule has 3 aromatic rings. The summed E-state index contributed by atoms with van der Waals surface area (Å²) in [5.41, 5.74) is -0.113. The first-order chi connectivity index (χ1) is 12.9. The van der Waals surface area contributed by atoms with E-state index in [0.717, 1.165) is 11.3 Å². The van der Waals surface area contributed by atoms with Crippen molar-refractivity contribution < 1.29 is 18.1 Å². The van der Waals surface area contributed by atoms with Gasteiger partial charge in [-0.2, -0.15) is 0 Å². The highest BCUT2D eigenvalue weighted by atomic mass is 32.2. The number of hydrogen-bond donors (Lipinski definition) is 2. The van der Waals surface area contributed by atoms with Gasteiger partial charge in [0, 0.05) is 23.3 Å². The zero-order valence-electron chi connectivity index (χ0n) is 13.5. The Balaban J connectivity index is 1.76. The van der Waals surface area contributed by atoms with Crippen LogP contribution in [0.5, 0.6) is 0 Å². The minimum absolute atomic E-state index is 0.0126. The monoisotopic (exact) mass is 404 g/mol. The number of anilines is 2. The molecule has 27 heavy (non-hydrogen) atoms. The van der Waals surface area contributed by atoms with Crippen molar-refractivity contribution >= 4 is 43.8 Å². The highest BCUT2D eigenvalue weighted by molar-refractivity contribution is 7.93. The summed E-state index contributed by atoms with van der Waals surface area (Å²) < 4.78 is 26.9. The van der Waals surface area contributed by atoms with Crippen LogP contribution in [0.3, 0.4) is 0 Å². The number of nitrogens with zero attached hydrogens (tertiary/aromatic N) is 2. The van der Waals surface area contributed by atoms with Crippen LogP contribution in [-0.2, 0) is 10.0 Å². The summed E-state index contributed by atoms with van der Waals surface area (Å²) in [6, 6.07) is 11.0. The molecule has 0 saturated heterocycles. The molecule has 11 heteroatoms. The van der Waals surface area contributed by atoms with E-state index in [4.69, 9.17) is 0 Å². The molecule has 0 aliphatic rings. The molecule has 0 fully saturated rings. The lowest BCUT2D eigenvalue weighted by Gasteiger charge is -2.08. The minimum Gasteiger partial charge on any atom is -0.322 e. The number of carbonyl (C=O) groups is 1. The van der Waals surface area contributed by atoms with Crippen LogP contribution in [-0.4, -0.2) is 24.2 Å². The van der Waals surface area contributed by atoms with Gasteiger partial charge in [0.15, 0.2) is 5.13 Å². The number of benzene rings is 2. The predicted octanol–water partition coefficient (Wildman–Crippen LogP) is 3.10. The van der Waals surface area contributed by atoms with E-state index in [1.165, 1.54) is 54.7 Å². The topological polar surface area (TPSA) is 131 Å². The van der Waals surface area contributed by atoms with Crippen molar-refractivity contribution in [1.82, 2.24) is 4.98 Å². The standard InChI is InChI=1S/C16H12N4O5S2/c21-15(13-3-1-2-4-14(13)20(22)23)18-11-5-7-12(8-6-11)27(24,25)19-16-17-9-10-26-16/h1-10H,(H,17,19)(H,18,21). The Kier molecular flexibility index (Phi) is 5.14. The summed E-state index contributed by atoms with van der Waals surface area (Å²) in [5, 5.41) is 15.4. The zero-order chi connectivity index (χ0) is 19.4. The van der Waals surface area contributed by atoms with Crippen molar-refractivity contribution in [1.29, 1.82) is 0 Å². The second-order valence-corrected chi connectivity index (χ2v) is 7.77. The van der Waals surface area contributed by atoms with Crippen LogP contribution in [0.2, 0.25) is 0 Å². The fourth-order valence-corrected chi connectivity index (χ4v) is 3.98. The molecule has 3 rings (SSSR count). The fraction of sp³-hybridized carbons (Fsp3) is 0. The van der Waals surface area contributed by atoms with Crippen molar-refractivity contribution in [3.8, 4) is 0 Å². The summed E-state index contributed by atoms with van der Waals surface area (Å²) in [6.45, 7) is 0. The van der Waals surface area contributed by atoms with E-state index in [1.807, 2.05) is 0 Å². The second kappa shape index (κ2) is 7.51. The Hall–Kier alpha value is -3.31. The third-order valence-electron chi connectivity index (χ3n) is 3.42. The van der Waals surface area contributed by atoms with E-state index in [2.05, 4.69) is 15.0 Å². The number of nitro groups is 1. The summed E-state index contributed by atoms with van der Waals surface area (Å²) in [4.78, 5) is 26.5. The molecule has 0 aliphatic heterocycles. The van der Waals surface area contributed by atoms with E-state index >= 15 is 0 Å². The molecule has 0 spiro atoms. The summed E-state index contributed by atoms with van der Waals surface area (Å²) in [5.74, 6) is -0.668. The normalized spacial score (nSPS) is 11.0. The lowest BCUT2D eigenvalue weighted by molar-refractivity contribution is -0.385. The van der Waals surface area contributed by atoms with Gasteiger partial charge in [-0.1, -0.05) is 12.1 Å². The van der Waals surface area contributed by atoms with Crippen LogP contribution in [0.1, 0.15) is 10.4 Å². The molecular weight excluding hydrogens is 392 g/mol. The molecule has 138 valence electrons. The van der Waals surface area contributed by atoms with E-state index < -0.39 is 20.9 Å². The molecule has 0 saturated carbocycles. The van der Waals surface area contributed by atoms with Gasteiger partial charge >= 0.3 is 0 Å². The van der Waals surface area contributed by atoms with Crippen LogP contribution < -0.4 is 10.0 Å². The molecule has 1 heterocycles. The van der Waals surface area contributed by atoms with Crippen molar-refractivity contribution in [2.75, 3.05) is 10.0 Å². The van der Waals surface area contributed by atoms with E-state index in [-0.39, 0.29) is 21.3 Å². The minimum atomic E-state index is -3.80. The Morgan fingerprint density at radius 1 is 1.11 bits per heavy atom. The first-order valence-electron chi connectivity index (χ1n) is 7.44. The average molecular weight is 404 g/mol. The number of nitrogens with one attached hydrogen (secondary N) is 2. The molecule has 9 nitrogen and oxygen atoms in total. The van der Waals surface area contributed by atoms with Gasteiger partial charge in [-0.05, 0) is 30.3 Å². The molecule has 0 bridgehead atoms. The molecule has 0 radical (unpaired) electrons. The predicted molar refractivity (Wildman–Crippen MR) is 100 cm³/mol. The summed E-state index contributed by atoms with van der Waals surface area (Å²) in [6.07, 6.45) is 1.48. The van der Waals surface area contributed by atoms with E-state index in [0.29, 0.717) is 5.69 Å². The zero-order valence-corrected chi connectivity index (χ0v) is 15.2. The van der Waals surface area contributed by atoms with Crippen LogP contribution >= 0.6 is 11.3 Å². The molecule has 1 amide bonds. The number of rotatable bonds is 6. The maximum absolute atomic E-state index is 12.3. The molecule has 0 unspecified atom stereocenters. The maximum Gasteiger partial charge on any atom is 0.282 e. The first-order valence-corrected chi connectivity index (χ1v) is 9.80. The third kappa shape index (κ3) is 4.27. The van der Waals surface area contributed by atoms with E-state index in [9.17, 15) is 23.3 Å². The number of carbonyl (C=O) groups excluding carboxylic acids is 1. The van der Waals surface area contributed by atoms with Crippen molar-refractivity contribution in [3.63, 3.8) is 0 Å². The molecule has 0 atom stereocenters. The number of para-hydroxylation sites is 1. The summed E-state index contributed by atoms with van der Waals surface area (Å²) in [7, 11) is -3.80. The first kappa shape index (κ1) is 18.5. The van der Waals surface area contributed by atoms with Gasteiger partial charge in [0.25, 0.3) is 21.6 Å². The molecule has 2 N–H and O–H groups in total.